The zero-order chi connectivity index (χ0) is 15.0. The van der Waals surface area contributed by atoms with Crippen LogP contribution in [0.25, 0.3) is 17.1 Å². The van der Waals surface area contributed by atoms with Crippen molar-refractivity contribution in [2.24, 2.45) is 0 Å². The quantitative estimate of drug-likeness (QED) is 0.655. The van der Waals surface area contributed by atoms with Crippen molar-refractivity contribution in [2.45, 2.75) is 6.92 Å². The molecule has 0 fully saturated rings. The van der Waals surface area contributed by atoms with Gasteiger partial charge in [-0.05, 0) is 75.2 Å². The Balaban J connectivity index is 2.14. The van der Waals surface area contributed by atoms with Crippen LogP contribution in [0.4, 0.5) is 5.69 Å². The van der Waals surface area contributed by atoms with Crippen LogP contribution < -0.4 is 5.73 Å². The molecule has 0 unspecified atom stereocenters. The Morgan fingerprint density at radius 2 is 1.90 bits per heavy atom. The highest BCUT2D eigenvalue weighted by Crippen LogP contribution is 2.28. The third-order valence-corrected chi connectivity index (χ3v) is 4.33. The van der Waals surface area contributed by atoms with E-state index in [0.717, 1.165) is 25.8 Å². The Morgan fingerprint density at radius 1 is 1.10 bits per heavy atom. The number of aromatic nitrogens is 4. The second-order valence-electron chi connectivity index (χ2n) is 4.58. The fourth-order valence-corrected chi connectivity index (χ4v) is 2.79. The van der Waals surface area contributed by atoms with Crippen LogP contribution in [0.5, 0.6) is 0 Å². The topological polar surface area (TPSA) is 69.6 Å². The summed E-state index contributed by atoms with van der Waals surface area (Å²) in [7, 11) is 0. The van der Waals surface area contributed by atoms with E-state index >= 15 is 0 Å². The standard InChI is InChI=1S/C14H11Br2N5/c1-8-6-10(15)3-5-13(8)21-14(18-19-20-21)9-2-4-11(16)12(17)7-9/h2-7H,17H2,1H3. The van der Waals surface area contributed by atoms with Crippen molar-refractivity contribution in [2.75, 3.05) is 5.73 Å². The molecule has 0 saturated heterocycles. The smallest absolute Gasteiger partial charge is 0.187 e. The van der Waals surface area contributed by atoms with Gasteiger partial charge >= 0.3 is 0 Å². The predicted molar refractivity (Wildman–Crippen MR) is 89.1 cm³/mol. The first-order valence-electron chi connectivity index (χ1n) is 6.16. The van der Waals surface area contributed by atoms with Gasteiger partial charge in [-0.1, -0.05) is 15.9 Å². The van der Waals surface area contributed by atoms with Crippen molar-refractivity contribution in [3.63, 3.8) is 0 Å². The summed E-state index contributed by atoms with van der Waals surface area (Å²) in [5, 5.41) is 12.0. The number of halogens is 2. The SMILES string of the molecule is Cc1cc(Br)ccc1-n1nnnc1-c1ccc(Br)c(N)c1. The maximum Gasteiger partial charge on any atom is 0.187 e. The van der Waals surface area contributed by atoms with E-state index in [4.69, 9.17) is 5.73 Å². The number of nitrogens with zero attached hydrogens (tertiary/aromatic N) is 4. The average Bonchev–Trinajstić information content (AvgIpc) is 2.91. The molecule has 3 aromatic rings. The van der Waals surface area contributed by atoms with Crippen molar-refractivity contribution < 1.29 is 0 Å². The molecular weight excluding hydrogens is 398 g/mol. The van der Waals surface area contributed by atoms with Gasteiger partial charge in [0.15, 0.2) is 5.82 Å². The molecular formula is C14H11Br2N5. The molecule has 0 saturated carbocycles. The third kappa shape index (κ3) is 2.71. The van der Waals surface area contributed by atoms with Crippen LogP contribution >= 0.6 is 31.9 Å². The summed E-state index contributed by atoms with van der Waals surface area (Å²) >= 11 is 6.84. The summed E-state index contributed by atoms with van der Waals surface area (Å²) in [6, 6.07) is 11.6. The van der Waals surface area contributed by atoms with Crippen molar-refractivity contribution in [1.29, 1.82) is 0 Å². The van der Waals surface area contributed by atoms with Gasteiger partial charge in [-0.25, -0.2) is 0 Å². The largest absolute Gasteiger partial charge is 0.398 e. The Bertz CT molecular complexity index is 813. The Labute approximate surface area is 138 Å². The molecule has 2 aromatic carbocycles. The number of tetrazole rings is 1. The molecule has 3 rings (SSSR count). The van der Waals surface area contributed by atoms with Gasteiger partial charge in [0.05, 0.1) is 5.69 Å². The normalized spacial score (nSPS) is 10.8. The molecule has 0 radical (unpaired) electrons. The Hall–Kier alpha value is -1.73. The van der Waals surface area contributed by atoms with Gasteiger partial charge in [0.1, 0.15) is 0 Å². The molecule has 1 heterocycles. The highest BCUT2D eigenvalue weighted by atomic mass is 79.9. The number of nitrogen functional groups attached to an aromatic ring is 1. The van der Waals surface area contributed by atoms with Crippen LogP contribution in [0.3, 0.4) is 0 Å². The lowest BCUT2D eigenvalue weighted by Crippen LogP contribution is -2.02. The van der Waals surface area contributed by atoms with Crippen LogP contribution in [0.15, 0.2) is 45.3 Å². The molecule has 0 atom stereocenters. The van der Waals surface area contributed by atoms with E-state index in [1.54, 1.807) is 4.68 Å². The fourth-order valence-electron chi connectivity index (χ4n) is 2.07. The highest BCUT2D eigenvalue weighted by Gasteiger charge is 2.13. The van der Waals surface area contributed by atoms with Crippen LogP contribution in [-0.2, 0) is 0 Å². The fraction of sp³-hybridized carbons (Fsp3) is 0.0714. The molecule has 0 spiro atoms. The average molecular weight is 409 g/mol. The number of nitrogens with two attached hydrogens (primary N) is 1. The zero-order valence-corrected chi connectivity index (χ0v) is 14.3. The van der Waals surface area contributed by atoms with Crippen LogP contribution in [0.1, 0.15) is 5.56 Å². The van der Waals surface area contributed by atoms with Gasteiger partial charge in [0.25, 0.3) is 0 Å². The molecule has 5 nitrogen and oxygen atoms in total. The number of hydrogen-bond donors (Lipinski definition) is 1. The second kappa shape index (κ2) is 5.57. The number of hydrogen-bond acceptors (Lipinski definition) is 4. The number of benzene rings is 2. The molecule has 0 aliphatic carbocycles. The lowest BCUT2D eigenvalue weighted by molar-refractivity contribution is 0.787. The highest BCUT2D eigenvalue weighted by molar-refractivity contribution is 9.10. The van der Waals surface area contributed by atoms with E-state index in [-0.39, 0.29) is 0 Å². The first-order chi connectivity index (χ1) is 10.1. The van der Waals surface area contributed by atoms with E-state index < -0.39 is 0 Å². The van der Waals surface area contributed by atoms with E-state index in [1.165, 1.54) is 0 Å². The maximum atomic E-state index is 5.93. The van der Waals surface area contributed by atoms with E-state index in [2.05, 4.69) is 47.4 Å². The van der Waals surface area contributed by atoms with Gasteiger partial charge in [0.2, 0.25) is 0 Å². The van der Waals surface area contributed by atoms with Crippen molar-refractivity contribution in [3.8, 4) is 17.1 Å². The molecule has 0 amide bonds. The van der Waals surface area contributed by atoms with Gasteiger partial charge in [-0.15, -0.1) is 5.10 Å². The summed E-state index contributed by atoms with van der Waals surface area (Å²) in [6.07, 6.45) is 0. The summed E-state index contributed by atoms with van der Waals surface area (Å²) in [6.45, 7) is 2.02. The molecule has 106 valence electrons. The van der Waals surface area contributed by atoms with Gasteiger partial charge in [-0.2, -0.15) is 4.68 Å². The molecule has 0 aliphatic rings. The number of rotatable bonds is 2. The van der Waals surface area contributed by atoms with Crippen molar-refractivity contribution in [1.82, 2.24) is 20.2 Å². The minimum Gasteiger partial charge on any atom is -0.398 e. The summed E-state index contributed by atoms with van der Waals surface area (Å²) in [4.78, 5) is 0. The summed E-state index contributed by atoms with van der Waals surface area (Å²) in [5.41, 5.74) is 9.45. The monoisotopic (exact) mass is 407 g/mol. The molecule has 1 aromatic heterocycles. The van der Waals surface area contributed by atoms with Crippen LogP contribution in [0.2, 0.25) is 0 Å². The lowest BCUT2D eigenvalue weighted by atomic mass is 10.1. The minimum absolute atomic E-state index is 0.648. The second-order valence-corrected chi connectivity index (χ2v) is 6.35. The molecule has 21 heavy (non-hydrogen) atoms. The summed E-state index contributed by atoms with van der Waals surface area (Å²) < 4.78 is 3.58. The molecule has 0 bridgehead atoms. The minimum atomic E-state index is 0.648. The third-order valence-electron chi connectivity index (χ3n) is 3.11. The van der Waals surface area contributed by atoms with Crippen LogP contribution in [0, 0.1) is 6.92 Å². The predicted octanol–water partition coefficient (Wildman–Crippen LogP) is 3.74. The zero-order valence-electron chi connectivity index (χ0n) is 11.1. The van der Waals surface area contributed by atoms with Gasteiger partial charge < -0.3 is 5.73 Å². The van der Waals surface area contributed by atoms with Gasteiger partial charge in [-0.3, -0.25) is 0 Å². The first-order valence-corrected chi connectivity index (χ1v) is 7.75. The van der Waals surface area contributed by atoms with E-state index in [1.807, 2.05) is 43.3 Å². The van der Waals surface area contributed by atoms with E-state index in [0.29, 0.717) is 11.5 Å². The summed E-state index contributed by atoms with van der Waals surface area (Å²) in [5.74, 6) is 0.652. The van der Waals surface area contributed by atoms with E-state index in [9.17, 15) is 0 Å². The Morgan fingerprint density at radius 3 is 2.62 bits per heavy atom. The molecule has 0 aliphatic heterocycles. The van der Waals surface area contributed by atoms with Crippen LogP contribution in [-0.4, -0.2) is 20.2 Å². The van der Waals surface area contributed by atoms with Gasteiger partial charge in [0, 0.05) is 20.2 Å². The molecule has 7 heteroatoms. The number of anilines is 1. The maximum absolute atomic E-state index is 5.93. The van der Waals surface area contributed by atoms with Crippen molar-refractivity contribution in [3.05, 3.63) is 50.9 Å². The number of aryl methyl sites for hydroxylation is 1. The molecule has 2 N–H and O–H groups in total. The first kappa shape index (κ1) is 14.2. The Kier molecular flexibility index (Phi) is 3.77. The lowest BCUT2D eigenvalue weighted by Gasteiger charge is -2.09. The van der Waals surface area contributed by atoms with Crippen molar-refractivity contribution >= 4 is 37.5 Å².